The molecule has 2 aromatic rings. The van der Waals surface area contributed by atoms with Gasteiger partial charge in [0.15, 0.2) is 0 Å². The number of hydrogen-bond donors (Lipinski definition) is 1. The van der Waals surface area contributed by atoms with E-state index in [0.717, 1.165) is 16.8 Å². The van der Waals surface area contributed by atoms with E-state index in [1.165, 1.54) is 9.91 Å². The molecule has 0 radical (unpaired) electrons. The fraction of sp³-hybridized carbons (Fsp3) is 0.400. The van der Waals surface area contributed by atoms with Gasteiger partial charge in [-0.05, 0) is 43.7 Å². The third kappa shape index (κ3) is 6.48. The van der Waals surface area contributed by atoms with Crippen molar-refractivity contribution in [3.05, 3.63) is 64.7 Å². The van der Waals surface area contributed by atoms with Gasteiger partial charge >= 0.3 is 6.03 Å². The second-order valence-electron chi connectivity index (χ2n) is 8.31. The van der Waals surface area contributed by atoms with Gasteiger partial charge in [-0.15, -0.1) is 0 Å². The van der Waals surface area contributed by atoms with Gasteiger partial charge in [-0.2, -0.15) is 5.10 Å². The second-order valence-corrected chi connectivity index (χ2v) is 8.74. The number of amides is 3. The van der Waals surface area contributed by atoms with Crippen molar-refractivity contribution < 1.29 is 19.1 Å². The Morgan fingerprint density at radius 2 is 1.94 bits per heavy atom. The highest BCUT2D eigenvalue weighted by Crippen LogP contribution is 2.34. The van der Waals surface area contributed by atoms with E-state index in [1.807, 2.05) is 50.2 Å². The van der Waals surface area contributed by atoms with Crippen molar-refractivity contribution in [3.63, 3.8) is 0 Å². The standard InChI is InChI=1S/C25H31ClN4O4/c1-17(2)27-25(32)29(12-13-33-3)16-24(31)30-23(18-8-10-20(26)11-9-18)15-22(28-30)19-6-5-7-21(14-19)34-4/h5-11,14,17,23H,12-13,15-16H2,1-4H3,(H,27,32). The van der Waals surface area contributed by atoms with Gasteiger partial charge in [0.05, 0.1) is 25.5 Å². The van der Waals surface area contributed by atoms with Crippen LogP contribution in [0.2, 0.25) is 5.02 Å². The third-order valence-corrected chi connectivity index (χ3v) is 5.67. The molecular formula is C25H31ClN4O4. The van der Waals surface area contributed by atoms with Crippen molar-refractivity contribution in [1.82, 2.24) is 15.2 Å². The molecule has 3 amide bonds. The molecule has 1 aliphatic heterocycles. The average Bonchev–Trinajstić information content (AvgIpc) is 3.27. The van der Waals surface area contributed by atoms with Crippen LogP contribution in [0.15, 0.2) is 53.6 Å². The molecule has 1 atom stereocenters. The first-order valence-electron chi connectivity index (χ1n) is 11.2. The topological polar surface area (TPSA) is 83.5 Å². The Labute approximate surface area is 205 Å². The zero-order chi connectivity index (χ0) is 24.7. The number of methoxy groups -OCH3 is 2. The predicted octanol–water partition coefficient (Wildman–Crippen LogP) is 4.09. The summed E-state index contributed by atoms with van der Waals surface area (Å²) in [6.45, 7) is 4.22. The number of hydrazone groups is 1. The van der Waals surface area contributed by atoms with E-state index in [2.05, 4.69) is 10.4 Å². The molecule has 0 bridgehead atoms. The summed E-state index contributed by atoms with van der Waals surface area (Å²) >= 11 is 6.08. The van der Waals surface area contributed by atoms with Gasteiger partial charge in [0.1, 0.15) is 12.3 Å². The Morgan fingerprint density at radius 3 is 2.59 bits per heavy atom. The fourth-order valence-corrected chi connectivity index (χ4v) is 3.82. The maximum Gasteiger partial charge on any atom is 0.318 e. The first-order valence-corrected chi connectivity index (χ1v) is 11.5. The molecule has 8 nitrogen and oxygen atoms in total. The molecule has 9 heteroatoms. The molecule has 0 spiro atoms. The first-order chi connectivity index (χ1) is 16.3. The summed E-state index contributed by atoms with van der Waals surface area (Å²) in [4.78, 5) is 27.6. The van der Waals surface area contributed by atoms with Crippen LogP contribution in [-0.4, -0.2) is 67.5 Å². The minimum Gasteiger partial charge on any atom is -0.497 e. The van der Waals surface area contributed by atoms with Crippen LogP contribution in [0.3, 0.4) is 0 Å². The van der Waals surface area contributed by atoms with E-state index in [1.54, 1.807) is 26.4 Å². The summed E-state index contributed by atoms with van der Waals surface area (Å²) in [6, 6.07) is 14.3. The lowest BCUT2D eigenvalue weighted by molar-refractivity contribution is -0.133. The number of nitrogens with one attached hydrogen (secondary N) is 1. The molecule has 182 valence electrons. The van der Waals surface area contributed by atoms with Crippen LogP contribution in [0.4, 0.5) is 4.79 Å². The van der Waals surface area contributed by atoms with Gasteiger partial charge in [-0.1, -0.05) is 35.9 Å². The number of urea groups is 1. The van der Waals surface area contributed by atoms with E-state index in [4.69, 9.17) is 21.1 Å². The monoisotopic (exact) mass is 486 g/mol. The number of rotatable bonds is 9. The molecule has 0 saturated heterocycles. The molecule has 34 heavy (non-hydrogen) atoms. The van der Waals surface area contributed by atoms with Crippen molar-refractivity contribution >= 4 is 29.3 Å². The molecule has 1 N–H and O–H groups in total. The number of carbonyl (C=O) groups is 2. The Morgan fingerprint density at radius 1 is 1.21 bits per heavy atom. The smallest absolute Gasteiger partial charge is 0.318 e. The number of benzene rings is 2. The lowest BCUT2D eigenvalue weighted by atomic mass is 9.98. The molecule has 3 rings (SSSR count). The van der Waals surface area contributed by atoms with Crippen LogP contribution in [0, 0.1) is 0 Å². The Kier molecular flexibility index (Phi) is 8.90. The average molecular weight is 487 g/mol. The van der Waals surface area contributed by atoms with Gasteiger partial charge in [0.2, 0.25) is 0 Å². The van der Waals surface area contributed by atoms with Crippen LogP contribution >= 0.6 is 11.6 Å². The largest absolute Gasteiger partial charge is 0.497 e. The fourth-order valence-electron chi connectivity index (χ4n) is 3.69. The summed E-state index contributed by atoms with van der Waals surface area (Å²) in [5.41, 5.74) is 2.55. The maximum absolute atomic E-state index is 13.5. The second kappa shape index (κ2) is 11.9. The Bertz CT molecular complexity index is 1030. The normalized spacial score (nSPS) is 15.3. The quantitative estimate of drug-likeness (QED) is 0.578. The Balaban J connectivity index is 1.89. The molecule has 0 aromatic heterocycles. The summed E-state index contributed by atoms with van der Waals surface area (Å²) in [7, 11) is 3.17. The van der Waals surface area contributed by atoms with Crippen LogP contribution in [0.1, 0.15) is 37.4 Å². The Hall–Kier alpha value is -3.10. The zero-order valence-electron chi connectivity index (χ0n) is 20.0. The van der Waals surface area contributed by atoms with Gasteiger partial charge in [-0.25, -0.2) is 9.80 Å². The van der Waals surface area contributed by atoms with Gasteiger partial charge in [0.25, 0.3) is 5.91 Å². The molecule has 1 aliphatic rings. The van der Waals surface area contributed by atoms with Crippen LogP contribution in [-0.2, 0) is 9.53 Å². The molecule has 0 aliphatic carbocycles. The minimum absolute atomic E-state index is 0.0565. The van der Waals surface area contributed by atoms with Crippen molar-refractivity contribution in [1.29, 1.82) is 0 Å². The van der Waals surface area contributed by atoms with Crippen molar-refractivity contribution in [2.75, 3.05) is 33.9 Å². The van der Waals surface area contributed by atoms with Gasteiger partial charge < -0.3 is 19.7 Å². The van der Waals surface area contributed by atoms with Crippen molar-refractivity contribution in [3.8, 4) is 5.75 Å². The van der Waals surface area contributed by atoms with E-state index >= 15 is 0 Å². The lowest BCUT2D eigenvalue weighted by Gasteiger charge is -2.27. The van der Waals surface area contributed by atoms with Crippen LogP contribution in [0.25, 0.3) is 0 Å². The van der Waals surface area contributed by atoms with E-state index < -0.39 is 0 Å². The van der Waals surface area contributed by atoms with Crippen LogP contribution < -0.4 is 10.1 Å². The summed E-state index contributed by atoms with van der Waals surface area (Å²) < 4.78 is 10.5. The van der Waals surface area contributed by atoms with Gasteiger partial charge in [-0.3, -0.25) is 4.79 Å². The molecule has 0 saturated carbocycles. The number of hydrogen-bond acceptors (Lipinski definition) is 5. The number of ether oxygens (including phenoxy) is 2. The lowest BCUT2D eigenvalue weighted by Crippen LogP contribution is -2.48. The number of nitrogens with zero attached hydrogens (tertiary/aromatic N) is 3. The molecule has 1 unspecified atom stereocenters. The highest BCUT2D eigenvalue weighted by molar-refractivity contribution is 6.30. The summed E-state index contributed by atoms with van der Waals surface area (Å²) in [5, 5.41) is 9.62. The molecule has 0 fully saturated rings. The summed E-state index contributed by atoms with van der Waals surface area (Å²) in [5.74, 6) is 0.428. The predicted molar refractivity (Wildman–Crippen MR) is 132 cm³/mol. The minimum atomic E-state index is -0.320. The highest BCUT2D eigenvalue weighted by atomic mass is 35.5. The summed E-state index contributed by atoms with van der Waals surface area (Å²) in [6.07, 6.45) is 0.525. The third-order valence-electron chi connectivity index (χ3n) is 5.41. The molecular weight excluding hydrogens is 456 g/mol. The van der Waals surface area contributed by atoms with E-state index in [9.17, 15) is 9.59 Å². The van der Waals surface area contributed by atoms with E-state index in [0.29, 0.717) is 23.8 Å². The molecule has 1 heterocycles. The highest BCUT2D eigenvalue weighted by Gasteiger charge is 2.34. The first kappa shape index (κ1) is 25.5. The molecule has 2 aromatic carbocycles. The van der Waals surface area contributed by atoms with E-state index in [-0.39, 0.29) is 37.1 Å². The SMILES string of the molecule is COCCN(CC(=O)N1N=C(c2cccc(OC)c2)CC1c1ccc(Cl)cc1)C(=O)NC(C)C. The number of halogens is 1. The van der Waals surface area contributed by atoms with Crippen LogP contribution in [0.5, 0.6) is 5.75 Å². The van der Waals surface area contributed by atoms with Crippen molar-refractivity contribution in [2.24, 2.45) is 5.10 Å². The van der Waals surface area contributed by atoms with Crippen molar-refractivity contribution in [2.45, 2.75) is 32.4 Å². The zero-order valence-corrected chi connectivity index (χ0v) is 20.7. The number of carbonyl (C=O) groups excluding carboxylic acids is 2. The van der Waals surface area contributed by atoms with Gasteiger partial charge in [0, 0.05) is 36.7 Å². The maximum atomic E-state index is 13.5.